The van der Waals surface area contributed by atoms with Crippen LogP contribution in [0.3, 0.4) is 0 Å². The zero-order chi connectivity index (χ0) is 42.0. The Balaban J connectivity index is 1.26. The molecule has 6 aromatic carbocycles. The summed E-state index contributed by atoms with van der Waals surface area (Å²) in [6.45, 7) is 4.57. The Morgan fingerprint density at radius 3 is 2.26 bits per heavy atom. The molecule has 3 heteroatoms. The molecule has 5 aliphatic rings. The van der Waals surface area contributed by atoms with Gasteiger partial charge in [-0.15, -0.1) is 0 Å². The quantitative estimate of drug-likeness (QED) is 0.128. The first-order valence-electron chi connectivity index (χ1n) is 22.0. The van der Waals surface area contributed by atoms with Gasteiger partial charge in [0, 0.05) is 16.7 Å². The molecular weight excluding hydrogens is 751 g/mol. The van der Waals surface area contributed by atoms with E-state index in [0.717, 1.165) is 63.4 Å². The van der Waals surface area contributed by atoms with Gasteiger partial charge in [-0.3, -0.25) is 5.41 Å². The summed E-state index contributed by atoms with van der Waals surface area (Å²) in [5.41, 5.74) is 28.1. The third kappa shape index (κ3) is 5.51. The molecule has 0 radical (unpaired) electrons. The van der Waals surface area contributed by atoms with E-state index in [1.807, 2.05) is 30.3 Å². The molecule has 2 bridgehead atoms. The summed E-state index contributed by atoms with van der Waals surface area (Å²) in [6.07, 6.45) is 25.8. The molecular formula is C59H47N3. The van der Waals surface area contributed by atoms with Gasteiger partial charge in [-0.05, 0) is 126 Å². The first kappa shape index (κ1) is 37.6. The van der Waals surface area contributed by atoms with Crippen molar-refractivity contribution in [2.75, 3.05) is 0 Å². The predicted molar refractivity (Wildman–Crippen MR) is 261 cm³/mol. The Labute approximate surface area is 364 Å². The molecule has 11 rings (SSSR count). The molecule has 0 heterocycles. The molecule has 62 heavy (non-hydrogen) atoms. The molecule has 0 aliphatic heterocycles. The summed E-state index contributed by atoms with van der Waals surface area (Å²) in [5.74, 6) is 0.488. The van der Waals surface area contributed by atoms with Crippen LogP contribution in [-0.4, -0.2) is 11.7 Å². The fourth-order valence-electron chi connectivity index (χ4n) is 11.2. The molecule has 3 nitrogen and oxygen atoms in total. The number of nitrogens with zero attached hydrogens (tertiary/aromatic N) is 1. The van der Waals surface area contributed by atoms with Crippen molar-refractivity contribution in [1.29, 1.82) is 5.41 Å². The Hall–Kier alpha value is -7.36. The predicted octanol–water partition coefficient (Wildman–Crippen LogP) is 13.9. The standard InChI is InChI=1S/C59H47N3/c1-3-5-24-44-45-34-33-39(53-47-30-17-15-27-42(47)43-26-10-7-11-28-48(43)55(53)58(61)62-57(60)37-20-8-6-9-21-37)36-52(45)59(50(44)4-2)51-32-19-18-31-49(51)54-46-29-16-14-25-41(46)38-22-12-13-23-40(35-38)56(54)59/h5-27,29-34,36H,3-4,28,35H2,1-2H3,(H3,60,61,62)/b24-5-. The summed E-state index contributed by atoms with van der Waals surface area (Å²) >= 11 is 0. The zero-order valence-electron chi connectivity index (χ0n) is 35.2. The SMILES string of the molecule is CC/C=C\C1=C(CC)C2(C3=C(c4ccccc4C4=CC=CC=C3C4)c3ccccc32)c2cc(-c3c(C(=N)/N=C(\N)c4ccccc4)c4c(c5ccccc35)C=CC=CC4)ccc21. The minimum Gasteiger partial charge on any atom is -0.383 e. The molecule has 0 amide bonds. The van der Waals surface area contributed by atoms with Crippen LogP contribution in [0.25, 0.3) is 44.7 Å². The van der Waals surface area contributed by atoms with E-state index in [1.54, 1.807) is 0 Å². The van der Waals surface area contributed by atoms with Crippen LogP contribution >= 0.6 is 0 Å². The van der Waals surface area contributed by atoms with Crippen LogP contribution in [0.2, 0.25) is 0 Å². The van der Waals surface area contributed by atoms with Gasteiger partial charge in [-0.2, -0.15) is 0 Å². The van der Waals surface area contributed by atoms with E-state index < -0.39 is 5.41 Å². The molecule has 3 N–H and O–H groups in total. The van der Waals surface area contributed by atoms with Crippen molar-refractivity contribution in [2.45, 2.75) is 44.9 Å². The lowest BCUT2D eigenvalue weighted by atomic mass is 9.65. The average Bonchev–Trinajstić information content (AvgIpc) is 3.47. The number of nitrogens with two attached hydrogens (primary N) is 1. The molecule has 1 atom stereocenters. The topological polar surface area (TPSA) is 62.2 Å². The number of hydrogen-bond acceptors (Lipinski definition) is 1. The first-order chi connectivity index (χ1) is 30.5. The van der Waals surface area contributed by atoms with Gasteiger partial charge < -0.3 is 5.73 Å². The van der Waals surface area contributed by atoms with Gasteiger partial charge in [0.2, 0.25) is 0 Å². The number of rotatable bonds is 6. The van der Waals surface area contributed by atoms with Crippen molar-refractivity contribution >= 4 is 45.2 Å². The number of benzene rings is 6. The van der Waals surface area contributed by atoms with Crippen LogP contribution in [0.1, 0.15) is 88.7 Å². The van der Waals surface area contributed by atoms with Gasteiger partial charge in [-0.25, -0.2) is 4.99 Å². The van der Waals surface area contributed by atoms with Gasteiger partial charge in [0.05, 0.1) is 5.41 Å². The highest BCUT2D eigenvalue weighted by atomic mass is 14.9. The summed E-state index contributed by atoms with van der Waals surface area (Å²) in [4.78, 5) is 4.91. The van der Waals surface area contributed by atoms with Crippen LogP contribution in [0, 0.1) is 5.41 Å². The van der Waals surface area contributed by atoms with Crippen LogP contribution in [-0.2, 0) is 11.8 Å². The lowest BCUT2D eigenvalue weighted by Gasteiger charge is -2.36. The van der Waals surface area contributed by atoms with Crippen LogP contribution in [0.4, 0.5) is 0 Å². The second-order valence-corrected chi connectivity index (χ2v) is 16.7. The smallest absolute Gasteiger partial charge is 0.155 e. The van der Waals surface area contributed by atoms with E-state index in [0.29, 0.717) is 12.3 Å². The molecule has 0 saturated heterocycles. The van der Waals surface area contributed by atoms with E-state index >= 15 is 0 Å². The minimum absolute atomic E-state index is 0.160. The Morgan fingerprint density at radius 2 is 1.45 bits per heavy atom. The Kier molecular flexibility index (Phi) is 9.09. The third-order valence-corrected chi connectivity index (χ3v) is 13.6. The zero-order valence-corrected chi connectivity index (χ0v) is 35.2. The maximum absolute atomic E-state index is 9.92. The van der Waals surface area contributed by atoms with Gasteiger partial charge >= 0.3 is 0 Å². The van der Waals surface area contributed by atoms with Gasteiger partial charge in [0.25, 0.3) is 0 Å². The third-order valence-electron chi connectivity index (χ3n) is 13.6. The highest BCUT2D eigenvalue weighted by Crippen LogP contribution is 2.66. The number of allylic oxidation sites excluding steroid dienone is 14. The summed E-state index contributed by atoms with van der Waals surface area (Å²) in [5, 5.41) is 12.2. The average molecular weight is 798 g/mol. The van der Waals surface area contributed by atoms with Crippen molar-refractivity contribution in [3.63, 3.8) is 0 Å². The first-order valence-corrected chi connectivity index (χ1v) is 22.0. The number of aliphatic imine (C=N–C) groups is 1. The summed E-state index contributed by atoms with van der Waals surface area (Å²) < 4.78 is 0. The maximum Gasteiger partial charge on any atom is 0.155 e. The Morgan fingerprint density at radius 1 is 0.726 bits per heavy atom. The summed E-state index contributed by atoms with van der Waals surface area (Å²) in [6, 6.07) is 43.9. The van der Waals surface area contributed by atoms with Crippen molar-refractivity contribution in [3.05, 3.63) is 248 Å². The van der Waals surface area contributed by atoms with Crippen molar-refractivity contribution in [3.8, 4) is 11.1 Å². The van der Waals surface area contributed by atoms with Crippen LogP contribution < -0.4 is 5.73 Å². The second-order valence-electron chi connectivity index (χ2n) is 16.7. The fourth-order valence-corrected chi connectivity index (χ4v) is 11.2. The molecule has 1 spiro atoms. The lowest BCUT2D eigenvalue weighted by molar-refractivity contribution is 0.715. The highest BCUT2D eigenvalue weighted by Gasteiger charge is 2.55. The normalized spacial score (nSPS) is 18.3. The molecule has 298 valence electrons. The van der Waals surface area contributed by atoms with E-state index in [4.69, 9.17) is 10.7 Å². The van der Waals surface area contributed by atoms with E-state index in [-0.39, 0.29) is 5.84 Å². The monoisotopic (exact) mass is 797 g/mol. The fraction of sp³-hybridized carbons (Fsp3) is 0.119. The van der Waals surface area contributed by atoms with Gasteiger partial charge in [-0.1, -0.05) is 190 Å². The van der Waals surface area contributed by atoms with E-state index in [1.165, 1.54) is 66.8 Å². The van der Waals surface area contributed by atoms with Crippen molar-refractivity contribution in [2.24, 2.45) is 10.7 Å². The largest absolute Gasteiger partial charge is 0.383 e. The van der Waals surface area contributed by atoms with Crippen molar-refractivity contribution < 1.29 is 0 Å². The van der Waals surface area contributed by atoms with Crippen LogP contribution in [0.15, 0.2) is 198 Å². The molecule has 6 aromatic rings. The van der Waals surface area contributed by atoms with Crippen molar-refractivity contribution in [1.82, 2.24) is 0 Å². The highest BCUT2D eigenvalue weighted by molar-refractivity contribution is 6.19. The molecule has 5 aliphatic carbocycles. The Bertz CT molecular complexity index is 3210. The van der Waals surface area contributed by atoms with Gasteiger partial charge in [0.15, 0.2) is 5.84 Å². The summed E-state index contributed by atoms with van der Waals surface area (Å²) in [7, 11) is 0. The molecule has 0 aromatic heterocycles. The molecule has 1 unspecified atom stereocenters. The number of amidine groups is 2. The van der Waals surface area contributed by atoms with Gasteiger partial charge in [0.1, 0.15) is 5.84 Å². The lowest BCUT2D eigenvalue weighted by Crippen LogP contribution is -2.30. The maximum atomic E-state index is 9.92. The second kappa shape index (κ2) is 15.0. The number of hydrogen-bond donors (Lipinski definition) is 2. The minimum atomic E-state index is -0.553. The molecule has 0 fully saturated rings. The van der Waals surface area contributed by atoms with E-state index in [9.17, 15) is 5.41 Å². The van der Waals surface area contributed by atoms with E-state index in [2.05, 4.69) is 166 Å². The number of fused-ring (bicyclic) bond motifs is 15. The van der Waals surface area contributed by atoms with Crippen LogP contribution in [0.5, 0.6) is 0 Å². The number of nitrogens with one attached hydrogen (secondary N) is 1. The molecule has 0 saturated carbocycles.